The predicted octanol–water partition coefficient (Wildman–Crippen LogP) is 8.94. The van der Waals surface area contributed by atoms with Gasteiger partial charge < -0.3 is 48.6 Å². The van der Waals surface area contributed by atoms with Crippen LogP contribution in [0.1, 0.15) is 112 Å². The Morgan fingerprint density at radius 2 is 0.765 bits per heavy atom. The highest BCUT2D eigenvalue weighted by Crippen LogP contribution is 2.50. The molecule has 6 fully saturated rings. The first kappa shape index (κ1) is 75.0. The average molecular weight is 1610 g/mol. The Labute approximate surface area is 659 Å². The summed E-state index contributed by atoms with van der Waals surface area (Å²) < 4.78 is 86.7. The van der Waals surface area contributed by atoms with Crippen LogP contribution < -0.4 is 39.3 Å². The molecule has 6 bridgehead atoms. The van der Waals surface area contributed by atoms with Gasteiger partial charge in [-0.3, -0.25) is 29.9 Å². The zero-order chi connectivity index (χ0) is 80.1. The van der Waals surface area contributed by atoms with E-state index in [9.17, 15) is 35.3 Å². The predicted molar refractivity (Wildman–Crippen MR) is 432 cm³/mol. The summed E-state index contributed by atoms with van der Waals surface area (Å²) in [4.78, 5) is 48.9. The molecule has 19 rings (SSSR count). The number of hydrogen-bond donors (Lipinski definition) is 8. The molecular weight excluding hydrogens is 1530 g/mol. The van der Waals surface area contributed by atoms with Crippen LogP contribution in [-0.4, -0.2) is 176 Å². The van der Waals surface area contributed by atoms with Crippen molar-refractivity contribution < 1.29 is 35.0 Å². The number of pyridine rings is 3. The number of oxime groups is 1. The molecule has 6 aliphatic heterocycles. The molecule has 0 spiro atoms. The van der Waals surface area contributed by atoms with Crippen molar-refractivity contribution in [2.24, 2.45) is 16.6 Å². The maximum absolute atomic E-state index is 13.0. The van der Waals surface area contributed by atoms with Crippen molar-refractivity contribution >= 4 is 81.8 Å². The van der Waals surface area contributed by atoms with E-state index in [-0.39, 0.29) is 98.1 Å². The summed E-state index contributed by atoms with van der Waals surface area (Å²) in [6.07, 6.45) is 22.9. The molecule has 13 aromatic rings. The van der Waals surface area contributed by atoms with Crippen LogP contribution in [0.2, 0.25) is 0 Å². The first-order chi connectivity index (χ1) is 55.3. The second kappa shape index (κ2) is 29.4. The van der Waals surface area contributed by atoms with Gasteiger partial charge >= 0.3 is 5.76 Å². The van der Waals surface area contributed by atoms with Gasteiger partial charge in [-0.25, -0.2) is 45.0 Å². The maximum atomic E-state index is 13.0. The van der Waals surface area contributed by atoms with Crippen LogP contribution in [0.4, 0.5) is 23.4 Å². The topological polar surface area (TPSA) is 487 Å². The van der Waals surface area contributed by atoms with Crippen LogP contribution in [0.5, 0.6) is 0 Å². The Balaban J connectivity index is 0.000000124. The molecule has 0 radical (unpaired) electrons. The number of benzene rings is 3. The van der Waals surface area contributed by atoms with Gasteiger partial charge in [0.15, 0.2) is 52.4 Å². The van der Waals surface area contributed by atoms with Crippen LogP contribution in [0, 0.1) is 5.41 Å². The second-order valence-corrected chi connectivity index (χ2v) is 36.2. The number of nitrogens with one attached hydrogen (secondary N) is 2. The lowest BCUT2D eigenvalue weighted by Crippen LogP contribution is -2.49. The molecule has 16 heterocycles. The number of guanidine groups is 2. The van der Waals surface area contributed by atoms with E-state index in [0.717, 1.165) is 113 Å². The number of sulfone groups is 3. The van der Waals surface area contributed by atoms with Crippen LogP contribution in [0.3, 0.4) is 0 Å². The van der Waals surface area contributed by atoms with Crippen molar-refractivity contribution in [3.8, 4) is 67.2 Å². The van der Waals surface area contributed by atoms with Gasteiger partial charge in [-0.05, 0) is 100 Å². The van der Waals surface area contributed by atoms with Gasteiger partial charge in [0, 0.05) is 141 Å². The number of nitrogens with two attached hydrogens (primary N) is 5. The van der Waals surface area contributed by atoms with Gasteiger partial charge in [0.2, 0.25) is 11.9 Å². The van der Waals surface area contributed by atoms with E-state index in [1.807, 2.05) is 137 Å². The highest BCUT2D eigenvalue weighted by Gasteiger charge is 2.48. The largest absolute Gasteiger partial charge is 0.440 e. The zero-order valence-electron chi connectivity index (χ0n) is 62.7. The number of H-pyrrole nitrogens is 1. The molecule has 33 nitrogen and oxygen atoms in total. The van der Waals surface area contributed by atoms with Crippen molar-refractivity contribution in [1.29, 1.82) is 5.41 Å². The summed E-state index contributed by atoms with van der Waals surface area (Å²) in [7, 11) is -11.1. The van der Waals surface area contributed by atoms with Gasteiger partial charge in [-0.2, -0.15) is 28.8 Å². The summed E-state index contributed by atoms with van der Waals surface area (Å²) in [6.45, 7) is 0. The van der Waals surface area contributed by atoms with Crippen LogP contribution in [0.25, 0.3) is 84.1 Å². The minimum atomic E-state index is -3.72. The number of aromatic nitrogens is 14. The molecule has 590 valence electrons. The summed E-state index contributed by atoms with van der Waals surface area (Å²) in [6, 6.07) is 41.7. The molecule has 115 heavy (non-hydrogen) atoms. The SMILES string of the molecule is CS(=O)(=O)c1c(C2C[C@H]3CC[C@@H](C2)N3C(=N)N)nc2c(-c3ccc(-c4ccccc4)nc3)cnn2c1N.CS(=O)(=O)c1c(C2C[C@H]3CC[C@@H](C2)N3C(N)=NO)nc2c(-c3ccc(-c4ccccc4)nc3)cnn2c1N.CS(=O)(=O)c1c(C2C[C@H]3CC[C@@H](C2)N3c2noc(=O)[nH]2)nc2c(-c3ccc(-c4ccccc4)nc3)cnn2c1N. The Morgan fingerprint density at radius 1 is 0.452 bits per heavy atom. The molecule has 3 aromatic carbocycles. The van der Waals surface area contributed by atoms with Gasteiger partial charge in [0.25, 0.3) is 0 Å². The third-order valence-corrected chi connectivity index (χ3v) is 26.7. The van der Waals surface area contributed by atoms with E-state index in [4.69, 9.17) is 53.6 Å². The average Bonchev–Trinajstić information content (AvgIpc) is 1.66. The highest BCUT2D eigenvalue weighted by molar-refractivity contribution is 7.91. The van der Waals surface area contributed by atoms with Crippen LogP contribution in [0.15, 0.2) is 194 Å². The smallest absolute Gasteiger partial charge is 0.408 e. The van der Waals surface area contributed by atoms with Gasteiger partial charge in [-0.15, -0.1) is 0 Å². The fourth-order valence-corrected chi connectivity index (χ4v) is 21.5. The van der Waals surface area contributed by atoms with E-state index >= 15 is 0 Å². The van der Waals surface area contributed by atoms with Crippen LogP contribution >= 0.6 is 0 Å². The van der Waals surface area contributed by atoms with Gasteiger partial charge in [0.1, 0.15) is 32.1 Å². The standard InChI is InChI=1S/C27H26N8O4S.C26H28N8O3S.C26H28N8O2S/c1-40(37,38)23-22(17-11-18-8-9-19(12-17)34(18)26-32-27(36)39-33-26)31-25-20(14-30-35(25)24(23)28)16-7-10-21(29-13-16)15-5-3-2-4-6-15;1-38(36,37)23-22(17-11-18-8-9-19(12-17)33(18)26(28)32-35)31-25-20(14-30-34(25)24(23)27)16-7-10-21(29-13-16)15-5-3-2-4-6-15;1-37(35,36)23-22(17-11-18-8-9-19(12-17)33(18)26(28)29)32-25-20(14-31-34(25)24(23)27)16-7-10-21(30-13-16)15-5-3-2-4-6-15/h2-7,10,13-14,17-19H,8-9,11-12,28H2,1H3,(H,32,33,36);2-7,10,13-14,17-19,35H,8-9,11-12,27H2,1H3,(H2,28,32);2-7,10,13-14,17-19H,8-9,11-12,27H2,1H3,(H3,28,29)/t3*17?,18-,19+. The third-order valence-electron chi connectivity index (χ3n) is 23.2. The van der Waals surface area contributed by atoms with E-state index in [0.29, 0.717) is 89.6 Å². The van der Waals surface area contributed by atoms with E-state index in [1.54, 1.807) is 37.2 Å². The number of anilines is 4. The molecule has 3 unspecified atom stereocenters. The second-order valence-electron chi connectivity index (χ2n) is 30.4. The molecule has 6 aliphatic rings. The number of aromatic amines is 1. The Hall–Kier alpha value is -12.7. The Bertz CT molecular complexity index is 6350. The van der Waals surface area contributed by atoms with E-state index in [2.05, 4.69) is 50.4 Å². The lowest BCUT2D eigenvalue weighted by molar-refractivity contribution is 0.197. The number of hydrogen-bond acceptors (Lipinski definition) is 25. The fourth-order valence-electron chi connectivity index (χ4n) is 18.3. The van der Waals surface area contributed by atoms with E-state index < -0.39 is 35.3 Å². The van der Waals surface area contributed by atoms with Crippen molar-refractivity contribution in [3.05, 3.63) is 192 Å². The summed E-state index contributed by atoms with van der Waals surface area (Å²) in [5.41, 5.74) is 44.2. The zero-order valence-corrected chi connectivity index (χ0v) is 65.1. The third kappa shape index (κ3) is 13.9. The number of fused-ring (bicyclic) bond motifs is 9. The lowest BCUT2D eigenvalue weighted by atomic mass is 9.88. The molecule has 13 N–H and O–H groups in total. The Morgan fingerprint density at radius 3 is 1.04 bits per heavy atom. The van der Waals surface area contributed by atoms with Crippen molar-refractivity contribution in [2.75, 3.05) is 40.9 Å². The summed E-state index contributed by atoms with van der Waals surface area (Å²) >= 11 is 0. The number of rotatable bonds is 13. The summed E-state index contributed by atoms with van der Waals surface area (Å²) in [5.74, 6) is -0.331. The lowest BCUT2D eigenvalue weighted by Gasteiger charge is -2.39. The van der Waals surface area contributed by atoms with Crippen LogP contribution in [-0.2, 0) is 29.5 Å². The minimum Gasteiger partial charge on any atom is -0.408 e. The molecule has 0 aliphatic carbocycles. The molecular formula is C79H82N24O9S3. The number of nitrogens with zero attached hydrogens (tertiary/aromatic N) is 17. The Kier molecular flexibility index (Phi) is 19.2. The molecule has 0 amide bonds. The fraction of sp³-hybridized carbons (Fsp3) is 0.304. The summed E-state index contributed by atoms with van der Waals surface area (Å²) in [5, 5.41) is 37.5. The molecule has 6 saturated heterocycles. The highest BCUT2D eigenvalue weighted by atomic mass is 32.2. The van der Waals surface area contributed by atoms with Crippen molar-refractivity contribution in [2.45, 2.75) is 146 Å². The molecule has 36 heteroatoms. The quantitative estimate of drug-likeness (QED) is 0.0231. The molecule has 0 saturated carbocycles. The molecule has 9 atom stereocenters. The number of nitrogen functional groups attached to an aromatic ring is 3. The van der Waals surface area contributed by atoms with Crippen molar-refractivity contribution in [1.82, 2.24) is 78.7 Å². The van der Waals surface area contributed by atoms with Crippen molar-refractivity contribution in [3.63, 3.8) is 0 Å². The normalized spacial score (nSPS) is 21.3. The first-order valence-electron chi connectivity index (χ1n) is 37.7. The minimum absolute atomic E-state index is 0.0128. The first-order valence-corrected chi connectivity index (χ1v) is 43.3. The van der Waals surface area contributed by atoms with E-state index in [1.165, 1.54) is 13.5 Å². The van der Waals surface area contributed by atoms with Gasteiger partial charge in [0.05, 0.1) is 52.8 Å². The molecule has 10 aromatic heterocycles. The van der Waals surface area contributed by atoms with Gasteiger partial charge in [-0.1, -0.05) is 114 Å². The number of piperidine rings is 3. The monoisotopic (exact) mass is 1610 g/mol. The maximum Gasteiger partial charge on any atom is 0.440 e.